The number of hydrogen-bond acceptors (Lipinski definition) is 2. The first-order valence-corrected chi connectivity index (χ1v) is 3.50. The molecule has 1 rings (SSSR count). The first-order chi connectivity index (χ1) is 4.83. The molecule has 0 unspecified atom stereocenters. The molecule has 0 saturated heterocycles. The fourth-order valence-corrected chi connectivity index (χ4v) is 0.897. The Morgan fingerprint density at radius 3 is 3.00 bits per heavy atom. The first-order valence-electron chi connectivity index (χ1n) is 2.71. The van der Waals surface area contributed by atoms with Gasteiger partial charge in [0.2, 0.25) is 0 Å². The van der Waals surface area contributed by atoms with Crippen LogP contribution in [0.2, 0.25) is 0 Å². The highest BCUT2D eigenvalue weighted by Gasteiger charge is 1.90. The number of hydrogen-bond donors (Lipinski definition) is 0. The number of rotatable bonds is 2. The highest BCUT2D eigenvalue weighted by Crippen LogP contribution is 2.15. The van der Waals surface area contributed by atoms with Crippen molar-refractivity contribution in [2.24, 2.45) is 0 Å². The molecule has 0 radical (unpaired) electrons. The number of pyridine rings is 1. The van der Waals surface area contributed by atoms with Crippen molar-refractivity contribution in [2.75, 3.05) is 0 Å². The SMILES string of the molecule is C=COc1cncc(Br)c1. The van der Waals surface area contributed by atoms with Crippen molar-refractivity contribution in [1.82, 2.24) is 4.98 Å². The van der Waals surface area contributed by atoms with Crippen LogP contribution in [-0.4, -0.2) is 4.98 Å². The summed E-state index contributed by atoms with van der Waals surface area (Å²) in [7, 11) is 0. The molecule has 52 valence electrons. The quantitative estimate of drug-likeness (QED) is 0.683. The van der Waals surface area contributed by atoms with Crippen LogP contribution in [0.3, 0.4) is 0 Å². The smallest absolute Gasteiger partial charge is 0.145 e. The van der Waals surface area contributed by atoms with Crippen LogP contribution in [0.1, 0.15) is 0 Å². The van der Waals surface area contributed by atoms with E-state index in [1.807, 2.05) is 6.07 Å². The van der Waals surface area contributed by atoms with Gasteiger partial charge in [-0.1, -0.05) is 6.58 Å². The molecule has 1 aromatic heterocycles. The summed E-state index contributed by atoms with van der Waals surface area (Å²) >= 11 is 3.26. The molecule has 0 aliphatic carbocycles. The molecule has 0 atom stereocenters. The molecule has 1 aromatic rings. The van der Waals surface area contributed by atoms with Gasteiger partial charge in [-0.2, -0.15) is 0 Å². The molecule has 0 spiro atoms. The molecule has 10 heavy (non-hydrogen) atoms. The molecule has 0 aliphatic heterocycles. The number of halogens is 1. The zero-order chi connectivity index (χ0) is 7.40. The lowest BCUT2D eigenvalue weighted by molar-refractivity contribution is 0.480. The van der Waals surface area contributed by atoms with Gasteiger partial charge in [-0.05, 0) is 22.0 Å². The summed E-state index contributed by atoms with van der Waals surface area (Å²) in [5.41, 5.74) is 0. The minimum atomic E-state index is 0.685. The monoisotopic (exact) mass is 199 g/mol. The van der Waals surface area contributed by atoms with Gasteiger partial charge in [0.05, 0.1) is 12.5 Å². The van der Waals surface area contributed by atoms with Crippen molar-refractivity contribution >= 4 is 15.9 Å². The van der Waals surface area contributed by atoms with Gasteiger partial charge in [-0.3, -0.25) is 4.98 Å². The van der Waals surface area contributed by atoms with Gasteiger partial charge in [-0.25, -0.2) is 0 Å². The zero-order valence-corrected chi connectivity index (χ0v) is 6.84. The molecule has 1 heterocycles. The molecular formula is C7H6BrNO. The highest BCUT2D eigenvalue weighted by atomic mass is 79.9. The third kappa shape index (κ3) is 1.84. The zero-order valence-electron chi connectivity index (χ0n) is 5.25. The van der Waals surface area contributed by atoms with Crippen LogP contribution in [0, 0.1) is 0 Å². The minimum Gasteiger partial charge on any atom is -0.464 e. The summed E-state index contributed by atoms with van der Waals surface area (Å²) in [5, 5.41) is 0. The van der Waals surface area contributed by atoms with Crippen molar-refractivity contribution in [3.8, 4) is 5.75 Å². The lowest BCUT2D eigenvalue weighted by Gasteiger charge is -1.96. The Morgan fingerprint density at radius 2 is 2.40 bits per heavy atom. The molecule has 0 amide bonds. The Morgan fingerprint density at radius 1 is 1.60 bits per heavy atom. The summed E-state index contributed by atoms with van der Waals surface area (Å²) in [6, 6.07) is 1.81. The second kappa shape index (κ2) is 3.37. The molecule has 0 fully saturated rings. The third-order valence-corrected chi connectivity index (χ3v) is 1.33. The fraction of sp³-hybridized carbons (Fsp3) is 0. The predicted molar refractivity (Wildman–Crippen MR) is 42.8 cm³/mol. The second-order valence-corrected chi connectivity index (χ2v) is 2.54. The van der Waals surface area contributed by atoms with E-state index in [9.17, 15) is 0 Å². The van der Waals surface area contributed by atoms with E-state index in [0.717, 1.165) is 4.47 Å². The maximum Gasteiger partial charge on any atom is 0.145 e. The van der Waals surface area contributed by atoms with Crippen molar-refractivity contribution in [3.63, 3.8) is 0 Å². The maximum absolute atomic E-state index is 4.96. The van der Waals surface area contributed by atoms with Gasteiger partial charge in [0.25, 0.3) is 0 Å². The molecule has 0 aromatic carbocycles. The summed E-state index contributed by atoms with van der Waals surface area (Å²) in [4.78, 5) is 3.88. The third-order valence-electron chi connectivity index (χ3n) is 0.899. The van der Waals surface area contributed by atoms with Gasteiger partial charge >= 0.3 is 0 Å². The van der Waals surface area contributed by atoms with Gasteiger partial charge in [-0.15, -0.1) is 0 Å². The largest absolute Gasteiger partial charge is 0.464 e. The van der Waals surface area contributed by atoms with Gasteiger partial charge in [0.15, 0.2) is 0 Å². The average Bonchev–Trinajstić information content (AvgIpc) is 1.88. The lowest BCUT2D eigenvalue weighted by atomic mass is 10.5. The maximum atomic E-state index is 4.96. The molecule has 0 aliphatic rings. The minimum absolute atomic E-state index is 0.685. The van der Waals surface area contributed by atoms with Gasteiger partial charge in [0.1, 0.15) is 5.75 Å². The van der Waals surface area contributed by atoms with Crippen molar-refractivity contribution in [2.45, 2.75) is 0 Å². The Hall–Kier alpha value is -0.830. The Kier molecular flexibility index (Phi) is 2.45. The van der Waals surface area contributed by atoms with Crippen LogP contribution in [0.25, 0.3) is 0 Å². The summed E-state index contributed by atoms with van der Waals surface area (Å²) in [5.74, 6) is 0.685. The van der Waals surface area contributed by atoms with Gasteiger partial charge in [0, 0.05) is 10.7 Å². The van der Waals surface area contributed by atoms with Crippen LogP contribution in [0.4, 0.5) is 0 Å². The predicted octanol–water partition coefficient (Wildman–Crippen LogP) is 2.37. The Balaban J connectivity index is 2.84. The lowest BCUT2D eigenvalue weighted by Crippen LogP contribution is -1.81. The van der Waals surface area contributed by atoms with E-state index < -0.39 is 0 Å². The fourth-order valence-electron chi connectivity index (χ4n) is 0.553. The number of ether oxygens (including phenoxy) is 1. The first kappa shape index (κ1) is 7.28. The van der Waals surface area contributed by atoms with Crippen molar-refractivity contribution < 1.29 is 4.74 Å². The topological polar surface area (TPSA) is 22.1 Å². The van der Waals surface area contributed by atoms with E-state index in [2.05, 4.69) is 27.5 Å². The summed E-state index contributed by atoms with van der Waals surface area (Å²) in [6.07, 6.45) is 4.67. The van der Waals surface area contributed by atoms with E-state index in [4.69, 9.17) is 4.74 Å². The highest BCUT2D eigenvalue weighted by molar-refractivity contribution is 9.10. The van der Waals surface area contributed by atoms with E-state index in [1.165, 1.54) is 6.26 Å². The summed E-state index contributed by atoms with van der Waals surface area (Å²) < 4.78 is 5.85. The van der Waals surface area contributed by atoms with Crippen molar-refractivity contribution in [3.05, 3.63) is 35.8 Å². The van der Waals surface area contributed by atoms with E-state index >= 15 is 0 Å². The second-order valence-electron chi connectivity index (χ2n) is 1.62. The van der Waals surface area contributed by atoms with Crippen LogP contribution in [0.15, 0.2) is 35.8 Å². The van der Waals surface area contributed by atoms with E-state index in [0.29, 0.717) is 5.75 Å². The number of aromatic nitrogens is 1. The van der Waals surface area contributed by atoms with Crippen molar-refractivity contribution in [1.29, 1.82) is 0 Å². The van der Waals surface area contributed by atoms with E-state index in [1.54, 1.807) is 12.4 Å². The van der Waals surface area contributed by atoms with Crippen LogP contribution in [0.5, 0.6) is 5.75 Å². The summed E-state index contributed by atoms with van der Waals surface area (Å²) in [6.45, 7) is 3.42. The standard InChI is InChI=1S/C7H6BrNO/c1-2-10-7-3-6(8)4-9-5-7/h2-5H,1H2. The molecule has 0 N–H and O–H groups in total. The normalized spacial score (nSPS) is 8.90. The molecule has 2 nitrogen and oxygen atoms in total. The van der Waals surface area contributed by atoms with Crippen LogP contribution < -0.4 is 4.74 Å². The average molecular weight is 200 g/mol. The Labute approximate surface area is 67.7 Å². The van der Waals surface area contributed by atoms with Crippen LogP contribution >= 0.6 is 15.9 Å². The molecular weight excluding hydrogens is 194 g/mol. The van der Waals surface area contributed by atoms with Gasteiger partial charge < -0.3 is 4.74 Å². The molecule has 0 saturated carbocycles. The van der Waals surface area contributed by atoms with E-state index in [-0.39, 0.29) is 0 Å². The van der Waals surface area contributed by atoms with Crippen LogP contribution in [-0.2, 0) is 0 Å². The molecule has 3 heteroatoms. The molecule has 0 bridgehead atoms. The number of nitrogens with zero attached hydrogens (tertiary/aromatic N) is 1. The Bertz CT molecular complexity index is 237.